The molecule has 2 saturated heterocycles. The van der Waals surface area contributed by atoms with E-state index in [4.69, 9.17) is 4.74 Å². The van der Waals surface area contributed by atoms with Gasteiger partial charge in [-0.15, -0.1) is 0 Å². The fourth-order valence-electron chi connectivity index (χ4n) is 4.69. The van der Waals surface area contributed by atoms with Crippen molar-refractivity contribution in [2.45, 2.75) is 50.8 Å². The van der Waals surface area contributed by atoms with Gasteiger partial charge in [-0.3, -0.25) is 9.80 Å². The van der Waals surface area contributed by atoms with Gasteiger partial charge in [0, 0.05) is 50.9 Å². The molecule has 3 aliphatic rings. The molecule has 0 aromatic heterocycles. The number of hydrogen-bond acceptors (Lipinski definition) is 5. The molecule has 5 heteroatoms. The van der Waals surface area contributed by atoms with Crippen LogP contribution in [0.3, 0.4) is 0 Å². The van der Waals surface area contributed by atoms with Crippen molar-refractivity contribution in [3.8, 4) is 5.75 Å². The first-order valence-corrected chi connectivity index (χ1v) is 10.8. The fraction of sp³-hybridized carbons (Fsp3) is 0.727. The molecule has 1 aromatic rings. The van der Waals surface area contributed by atoms with Crippen LogP contribution >= 0.6 is 0 Å². The SMILES string of the molecule is CCN1CCN(CCOc2ccccc2CN2CCCC2C2(O)CC2)CC1. The van der Waals surface area contributed by atoms with Gasteiger partial charge in [-0.05, 0) is 44.8 Å². The lowest BCUT2D eigenvalue weighted by atomic mass is 10.1. The highest BCUT2D eigenvalue weighted by atomic mass is 16.5. The minimum absolute atomic E-state index is 0.334. The van der Waals surface area contributed by atoms with Crippen LogP contribution in [0, 0.1) is 0 Å². The van der Waals surface area contributed by atoms with Crippen molar-refractivity contribution in [2.24, 2.45) is 0 Å². The molecule has 1 saturated carbocycles. The first-order valence-electron chi connectivity index (χ1n) is 10.8. The third-order valence-electron chi connectivity index (χ3n) is 6.67. The van der Waals surface area contributed by atoms with Gasteiger partial charge in [0.1, 0.15) is 12.4 Å². The summed E-state index contributed by atoms with van der Waals surface area (Å²) in [4.78, 5) is 7.49. The quantitative estimate of drug-likeness (QED) is 0.756. The molecule has 2 aliphatic heterocycles. The van der Waals surface area contributed by atoms with Crippen LogP contribution in [-0.2, 0) is 6.54 Å². The minimum Gasteiger partial charge on any atom is -0.492 e. The highest BCUT2D eigenvalue weighted by molar-refractivity contribution is 5.33. The maximum atomic E-state index is 10.6. The Morgan fingerprint density at radius 2 is 1.81 bits per heavy atom. The molecule has 4 rings (SSSR count). The summed E-state index contributed by atoms with van der Waals surface area (Å²) in [6, 6.07) is 8.78. The van der Waals surface area contributed by atoms with Crippen LogP contribution in [0.15, 0.2) is 24.3 Å². The third-order valence-corrected chi connectivity index (χ3v) is 6.67. The van der Waals surface area contributed by atoms with Crippen molar-refractivity contribution in [1.82, 2.24) is 14.7 Å². The molecule has 0 spiro atoms. The lowest BCUT2D eigenvalue weighted by molar-refractivity contribution is 0.0476. The van der Waals surface area contributed by atoms with E-state index in [1.165, 1.54) is 25.1 Å². The Balaban J connectivity index is 1.29. The van der Waals surface area contributed by atoms with E-state index in [0.29, 0.717) is 6.04 Å². The Labute approximate surface area is 163 Å². The molecule has 27 heavy (non-hydrogen) atoms. The number of likely N-dealkylation sites (N-methyl/N-ethyl adjacent to an activating group) is 1. The monoisotopic (exact) mass is 373 g/mol. The predicted molar refractivity (Wildman–Crippen MR) is 108 cm³/mol. The van der Waals surface area contributed by atoms with Gasteiger partial charge in [0.25, 0.3) is 0 Å². The molecule has 0 amide bonds. The van der Waals surface area contributed by atoms with Gasteiger partial charge in [0.15, 0.2) is 0 Å². The van der Waals surface area contributed by atoms with Crippen LogP contribution < -0.4 is 4.74 Å². The lowest BCUT2D eigenvalue weighted by Crippen LogP contribution is -2.47. The molecule has 1 atom stereocenters. The van der Waals surface area contributed by atoms with Crippen LogP contribution in [0.4, 0.5) is 0 Å². The minimum atomic E-state index is -0.410. The highest BCUT2D eigenvalue weighted by Crippen LogP contribution is 2.45. The number of aliphatic hydroxyl groups is 1. The van der Waals surface area contributed by atoms with E-state index in [-0.39, 0.29) is 0 Å². The average molecular weight is 374 g/mol. The summed E-state index contributed by atoms with van der Waals surface area (Å²) in [5, 5.41) is 10.6. The van der Waals surface area contributed by atoms with Crippen LogP contribution in [-0.4, -0.2) is 83.9 Å². The number of nitrogens with zero attached hydrogens (tertiary/aromatic N) is 3. The second kappa shape index (κ2) is 8.48. The van der Waals surface area contributed by atoms with Gasteiger partial charge in [0.05, 0.1) is 5.60 Å². The Kier molecular flexibility index (Phi) is 6.02. The fourth-order valence-corrected chi connectivity index (χ4v) is 4.69. The Morgan fingerprint density at radius 3 is 2.56 bits per heavy atom. The summed E-state index contributed by atoms with van der Waals surface area (Å²) < 4.78 is 6.20. The molecule has 0 radical (unpaired) electrons. The molecule has 1 unspecified atom stereocenters. The van der Waals surface area contributed by atoms with Crippen molar-refractivity contribution in [2.75, 3.05) is 52.4 Å². The number of rotatable bonds is 8. The van der Waals surface area contributed by atoms with Crippen LogP contribution in [0.2, 0.25) is 0 Å². The molecule has 3 fully saturated rings. The number of ether oxygens (including phenoxy) is 1. The topological polar surface area (TPSA) is 39.2 Å². The number of hydrogen-bond donors (Lipinski definition) is 1. The molecule has 1 aliphatic carbocycles. The summed E-state index contributed by atoms with van der Waals surface area (Å²) in [7, 11) is 0. The predicted octanol–water partition coefficient (Wildman–Crippen LogP) is 2.19. The zero-order chi connectivity index (χ0) is 18.7. The van der Waals surface area contributed by atoms with Crippen molar-refractivity contribution in [3.63, 3.8) is 0 Å². The van der Waals surface area contributed by atoms with E-state index in [0.717, 1.165) is 70.9 Å². The van der Waals surface area contributed by atoms with Crippen LogP contribution in [0.25, 0.3) is 0 Å². The van der Waals surface area contributed by atoms with Gasteiger partial charge >= 0.3 is 0 Å². The average Bonchev–Trinajstić information content (AvgIpc) is 3.26. The maximum absolute atomic E-state index is 10.6. The number of para-hydroxylation sites is 1. The largest absolute Gasteiger partial charge is 0.492 e. The first kappa shape index (κ1) is 19.2. The van der Waals surface area contributed by atoms with Gasteiger partial charge in [0.2, 0.25) is 0 Å². The van der Waals surface area contributed by atoms with Gasteiger partial charge in [-0.2, -0.15) is 0 Å². The van der Waals surface area contributed by atoms with Crippen molar-refractivity contribution < 1.29 is 9.84 Å². The number of likely N-dealkylation sites (tertiary alicyclic amines) is 1. The van der Waals surface area contributed by atoms with Crippen LogP contribution in [0.1, 0.15) is 38.2 Å². The zero-order valence-electron chi connectivity index (χ0n) is 16.8. The molecule has 5 nitrogen and oxygen atoms in total. The maximum Gasteiger partial charge on any atom is 0.123 e. The smallest absolute Gasteiger partial charge is 0.123 e. The second-order valence-electron chi connectivity index (χ2n) is 8.46. The van der Waals surface area contributed by atoms with E-state index in [2.05, 4.69) is 45.9 Å². The number of piperazine rings is 1. The highest BCUT2D eigenvalue weighted by Gasteiger charge is 2.51. The first-order chi connectivity index (χ1) is 13.2. The second-order valence-corrected chi connectivity index (χ2v) is 8.46. The molecule has 2 heterocycles. The van der Waals surface area contributed by atoms with E-state index in [1.807, 2.05) is 0 Å². The van der Waals surface area contributed by atoms with Crippen molar-refractivity contribution in [3.05, 3.63) is 29.8 Å². The summed E-state index contributed by atoms with van der Waals surface area (Å²) in [5.74, 6) is 1.01. The van der Waals surface area contributed by atoms with Gasteiger partial charge in [-0.25, -0.2) is 0 Å². The van der Waals surface area contributed by atoms with Crippen molar-refractivity contribution in [1.29, 1.82) is 0 Å². The van der Waals surface area contributed by atoms with Crippen molar-refractivity contribution >= 4 is 0 Å². The standard InChI is InChI=1S/C22H35N3O2/c1-2-23-12-14-24(15-13-23)16-17-27-20-7-4-3-6-19(20)18-25-11-5-8-21(25)22(26)9-10-22/h3-4,6-7,21,26H,2,5,8-18H2,1H3. The summed E-state index contributed by atoms with van der Waals surface area (Å²) in [6.07, 6.45) is 4.26. The Hall–Kier alpha value is -1.14. The summed E-state index contributed by atoms with van der Waals surface area (Å²) in [6.45, 7) is 11.8. The summed E-state index contributed by atoms with van der Waals surface area (Å²) >= 11 is 0. The van der Waals surface area contributed by atoms with E-state index in [9.17, 15) is 5.11 Å². The van der Waals surface area contributed by atoms with E-state index in [1.54, 1.807) is 0 Å². The van der Waals surface area contributed by atoms with Gasteiger partial charge in [-0.1, -0.05) is 25.1 Å². The third kappa shape index (κ3) is 4.65. The Bertz CT molecular complexity index is 611. The Morgan fingerprint density at radius 1 is 1.07 bits per heavy atom. The zero-order valence-corrected chi connectivity index (χ0v) is 16.8. The lowest BCUT2D eigenvalue weighted by Gasteiger charge is -2.34. The molecule has 1 aromatic carbocycles. The van der Waals surface area contributed by atoms with E-state index < -0.39 is 5.60 Å². The normalized spacial score (nSPS) is 26.4. The number of benzene rings is 1. The molecule has 150 valence electrons. The van der Waals surface area contributed by atoms with Crippen LogP contribution in [0.5, 0.6) is 5.75 Å². The molecule has 0 bridgehead atoms. The molecular weight excluding hydrogens is 338 g/mol. The molecule has 1 N–H and O–H groups in total. The summed E-state index contributed by atoms with van der Waals surface area (Å²) in [5.41, 5.74) is 0.844. The van der Waals surface area contributed by atoms with E-state index >= 15 is 0 Å². The van der Waals surface area contributed by atoms with Gasteiger partial charge < -0.3 is 14.7 Å². The molecular formula is C22H35N3O2.